The quantitative estimate of drug-likeness (QED) is 0.706. The molecule has 0 aliphatic carbocycles. The Morgan fingerprint density at radius 1 is 1.31 bits per heavy atom. The molecule has 3 amide bonds. The summed E-state index contributed by atoms with van der Waals surface area (Å²) < 4.78 is 0. The molecule has 1 atom stereocenters. The Bertz CT molecular complexity index is 253. The lowest BCUT2D eigenvalue weighted by Crippen LogP contribution is -2.52. The standard InChI is InChI=1S/C12H22N2O2/c1-3-4-5-6-7-10(2)14-9-8-11(15)13-12(14)16/h10H,3-9H2,1-2H3,(H,13,15,16). The molecule has 4 heteroatoms. The van der Waals surface area contributed by atoms with E-state index in [1.54, 1.807) is 4.90 Å². The van der Waals surface area contributed by atoms with E-state index < -0.39 is 0 Å². The van der Waals surface area contributed by atoms with Crippen molar-refractivity contribution in [2.75, 3.05) is 6.54 Å². The zero-order valence-corrected chi connectivity index (χ0v) is 10.3. The average Bonchev–Trinajstić information content (AvgIpc) is 2.24. The van der Waals surface area contributed by atoms with Crippen molar-refractivity contribution in [3.8, 4) is 0 Å². The molecule has 4 nitrogen and oxygen atoms in total. The van der Waals surface area contributed by atoms with Gasteiger partial charge in [-0.25, -0.2) is 4.79 Å². The molecule has 0 spiro atoms. The molecule has 16 heavy (non-hydrogen) atoms. The number of carbonyl (C=O) groups excluding carboxylic acids is 2. The second kappa shape index (κ2) is 6.51. The monoisotopic (exact) mass is 226 g/mol. The minimum atomic E-state index is -0.223. The zero-order valence-electron chi connectivity index (χ0n) is 10.3. The summed E-state index contributed by atoms with van der Waals surface area (Å²) in [5.74, 6) is -0.153. The van der Waals surface area contributed by atoms with Gasteiger partial charge in [0.1, 0.15) is 0 Å². The van der Waals surface area contributed by atoms with Gasteiger partial charge in [-0.05, 0) is 13.3 Å². The SMILES string of the molecule is CCCCCCC(C)N1CCC(=O)NC1=O. The van der Waals surface area contributed by atoms with E-state index in [2.05, 4.69) is 19.2 Å². The van der Waals surface area contributed by atoms with E-state index in [9.17, 15) is 9.59 Å². The summed E-state index contributed by atoms with van der Waals surface area (Å²) >= 11 is 0. The highest BCUT2D eigenvalue weighted by molar-refractivity contribution is 5.96. The predicted octanol–water partition coefficient (Wildman–Crippen LogP) is 2.29. The van der Waals surface area contributed by atoms with E-state index in [0.717, 1.165) is 12.8 Å². The molecular formula is C12H22N2O2. The van der Waals surface area contributed by atoms with E-state index in [1.165, 1.54) is 19.3 Å². The van der Waals surface area contributed by atoms with Gasteiger partial charge in [0.2, 0.25) is 5.91 Å². The predicted molar refractivity (Wildman–Crippen MR) is 63.1 cm³/mol. The molecule has 1 fully saturated rings. The second-order valence-corrected chi connectivity index (χ2v) is 4.50. The molecule has 0 bridgehead atoms. The Morgan fingerprint density at radius 2 is 2.06 bits per heavy atom. The van der Waals surface area contributed by atoms with E-state index >= 15 is 0 Å². The lowest BCUT2D eigenvalue weighted by atomic mass is 10.1. The van der Waals surface area contributed by atoms with Gasteiger partial charge in [0.15, 0.2) is 0 Å². The van der Waals surface area contributed by atoms with Gasteiger partial charge in [0.05, 0.1) is 0 Å². The maximum Gasteiger partial charge on any atom is 0.324 e. The summed E-state index contributed by atoms with van der Waals surface area (Å²) in [5, 5.41) is 2.36. The molecule has 1 unspecified atom stereocenters. The molecule has 0 aromatic rings. The van der Waals surface area contributed by atoms with Crippen molar-refractivity contribution in [3.05, 3.63) is 0 Å². The molecule has 1 heterocycles. The fourth-order valence-electron chi connectivity index (χ4n) is 2.02. The van der Waals surface area contributed by atoms with Crippen LogP contribution in [0.4, 0.5) is 4.79 Å². The molecular weight excluding hydrogens is 204 g/mol. The first-order valence-electron chi connectivity index (χ1n) is 6.25. The first-order chi connectivity index (χ1) is 7.65. The highest BCUT2D eigenvalue weighted by atomic mass is 16.2. The van der Waals surface area contributed by atoms with Gasteiger partial charge in [-0.3, -0.25) is 10.1 Å². The van der Waals surface area contributed by atoms with E-state index in [-0.39, 0.29) is 18.0 Å². The summed E-state index contributed by atoms with van der Waals surface area (Å²) in [6, 6.07) is 0.0178. The Labute approximate surface area is 97.4 Å². The van der Waals surface area contributed by atoms with Crippen LogP contribution in [0.1, 0.15) is 52.4 Å². The highest BCUT2D eigenvalue weighted by Crippen LogP contribution is 2.13. The molecule has 92 valence electrons. The number of rotatable bonds is 6. The minimum absolute atomic E-state index is 0.153. The number of unbranched alkanes of at least 4 members (excludes halogenated alkanes) is 3. The van der Waals surface area contributed by atoms with Crippen molar-refractivity contribution >= 4 is 11.9 Å². The summed E-state index contributed by atoms with van der Waals surface area (Å²) in [6.45, 7) is 4.81. The summed E-state index contributed by atoms with van der Waals surface area (Å²) in [4.78, 5) is 24.3. The molecule has 1 N–H and O–H groups in total. The van der Waals surface area contributed by atoms with Crippen LogP contribution in [-0.4, -0.2) is 29.4 Å². The Hall–Kier alpha value is -1.06. The van der Waals surface area contributed by atoms with Gasteiger partial charge in [0.25, 0.3) is 0 Å². The van der Waals surface area contributed by atoms with Crippen LogP contribution in [0.3, 0.4) is 0 Å². The first kappa shape index (κ1) is 13.0. The normalized spacial score (nSPS) is 18.5. The van der Waals surface area contributed by atoms with Crippen LogP contribution in [0.25, 0.3) is 0 Å². The summed E-state index contributed by atoms with van der Waals surface area (Å²) in [5.41, 5.74) is 0. The zero-order chi connectivity index (χ0) is 12.0. The van der Waals surface area contributed by atoms with Gasteiger partial charge in [-0.1, -0.05) is 32.6 Å². The van der Waals surface area contributed by atoms with Crippen LogP contribution in [0.15, 0.2) is 0 Å². The van der Waals surface area contributed by atoms with Crippen molar-refractivity contribution < 1.29 is 9.59 Å². The van der Waals surface area contributed by atoms with Gasteiger partial charge in [-0.2, -0.15) is 0 Å². The molecule has 0 aromatic heterocycles. The largest absolute Gasteiger partial charge is 0.324 e. The maximum absolute atomic E-state index is 11.5. The number of nitrogens with zero attached hydrogens (tertiary/aromatic N) is 1. The molecule has 1 aliphatic heterocycles. The first-order valence-corrected chi connectivity index (χ1v) is 6.25. The van der Waals surface area contributed by atoms with Crippen LogP contribution in [0, 0.1) is 0 Å². The number of nitrogens with one attached hydrogen (secondary N) is 1. The molecule has 0 radical (unpaired) electrons. The van der Waals surface area contributed by atoms with Crippen molar-refractivity contribution in [1.29, 1.82) is 0 Å². The van der Waals surface area contributed by atoms with E-state index in [1.807, 2.05) is 0 Å². The third kappa shape index (κ3) is 3.83. The number of carbonyl (C=O) groups is 2. The Balaban J connectivity index is 2.27. The molecule has 1 rings (SSSR count). The molecule has 1 saturated heterocycles. The number of imide groups is 1. The number of urea groups is 1. The Morgan fingerprint density at radius 3 is 2.69 bits per heavy atom. The second-order valence-electron chi connectivity index (χ2n) is 4.50. The topological polar surface area (TPSA) is 49.4 Å². The third-order valence-corrected chi connectivity index (χ3v) is 3.09. The average molecular weight is 226 g/mol. The van der Waals surface area contributed by atoms with Gasteiger partial charge in [-0.15, -0.1) is 0 Å². The van der Waals surface area contributed by atoms with Crippen LogP contribution in [0.2, 0.25) is 0 Å². The summed E-state index contributed by atoms with van der Waals surface area (Å²) in [7, 11) is 0. The maximum atomic E-state index is 11.5. The van der Waals surface area contributed by atoms with E-state index in [0.29, 0.717) is 13.0 Å². The minimum Gasteiger partial charge on any atom is -0.321 e. The van der Waals surface area contributed by atoms with Gasteiger partial charge in [0, 0.05) is 19.0 Å². The number of hydrogen-bond donors (Lipinski definition) is 1. The van der Waals surface area contributed by atoms with Crippen LogP contribution < -0.4 is 5.32 Å². The third-order valence-electron chi connectivity index (χ3n) is 3.09. The highest BCUT2D eigenvalue weighted by Gasteiger charge is 2.26. The fourth-order valence-corrected chi connectivity index (χ4v) is 2.02. The van der Waals surface area contributed by atoms with Gasteiger partial charge >= 0.3 is 6.03 Å². The van der Waals surface area contributed by atoms with Crippen LogP contribution >= 0.6 is 0 Å². The molecule has 0 saturated carbocycles. The van der Waals surface area contributed by atoms with Crippen molar-refractivity contribution in [2.24, 2.45) is 0 Å². The lowest BCUT2D eigenvalue weighted by Gasteiger charge is -2.32. The number of hydrogen-bond acceptors (Lipinski definition) is 2. The molecule has 0 aromatic carbocycles. The van der Waals surface area contributed by atoms with Gasteiger partial charge < -0.3 is 4.90 Å². The fraction of sp³-hybridized carbons (Fsp3) is 0.833. The smallest absolute Gasteiger partial charge is 0.321 e. The van der Waals surface area contributed by atoms with Crippen molar-refractivity contribution in [2.45, 2.75) is 58.4 Å². The number of amides is 3. The van der Waals surface area contributed by atoms with Crippen LogP contribution in [-0.2, 0) is 4.79 Å². The van der Waals surface area contributed by atoms with Crippen molar-refractivity contribution in [1.82, 2.24) is 10.2 Å². The Kier molecular flexibility index (Phi) is 5.29. The summed E-state index contributed by atoms with van der Waals surface area (Å²) in [6.07, 6.45) is 6.35. The van der Waals surface area contributed by atoms with Crippen LogP contribution in [0.5, 0.6) is 0 Å². The molecule has 1 aliphatic rings. The van der Waals surface area contributed by atoms with Crippen molar-refractivity contribution in [3.63, 3.8) is 0 Å². The lowest BCUT2D eigenvalue weighted by molar-refractivity contribution is -0.121. The van der Waals surface area contributed by atoms with E-state index in [4.69, 9.17) is 0 Å².